The third kappa shape index (κ3) is 5.06. The number of hydrogen-bond donors (Lipinski definition) is 0. The Hall–Kier alpha value is -8.92. The van der Waals surface area contributed by atoms with Crippen LogP contribution >= 0.6 is 0 Å². The minimum Gasteiger partial charge on any atom is -0.455 e. The molecule has 0 saturated heterocycles. The maximum absolute atomic E-state index is 7.14. The van der Waals surface area contributed by atoms with Gasteiger partial charge >= 0.3 is 0 Å². The average molecular weight is 877 g/mol. The van der Waals surface area contributed by atoms with Crippen molar-refractivity contribution in [1.29, 1.82) is 0 Å². The van der Waals surface area contributed by atoms with Gasteiger partial charge < -0.3 is 4.42 Å². The molecule has 2 heterocycles. The molecule has 0 amide bonds. The molecule has 320 valence electrons. The predicted octanol–water partition coefficient (Wildman–Crippen LogP) is 16.1. The Balaban J connectivity index is 1.05. The molecule has 3 aliphatic carbocycles. The van der Waals surface area contributed by atoms with Crippen LogP contribution in [-0.2, 0) is 10.8 Å². The Labute approximate surface area is 399 Å². The molecular formula is C66H40N2O. The lowest BCUT2D eigenvalue weighted by molar-refractivity contribution is 0.631. The highest BCUT2D eigenvalue weighted by Gasteiger charge is 2.59. The summed E-state index contributed by atoms with van der Waals surface area (Å²) < 4.78 is 7.14. The molecule has 0 radical (unpaired) electrons. The summed E-state index contributed by atoms with van der Waals surface area (Å²) in [6, 6.07) is 88.6. The van der Waals surface area contributed by atoms with Crippen molar-refractivity contribution in [2.75, 3.05) is 0 Å². The molecule has 3 aliphatic rings. The van der Waals surface area contributed by atoms with Gasteiger partial charge in [0.2, 0.25) is 0 Å². The second-order valence-electron chi connectivity index (χ2n) is 18.6. The van der Waals surface area contributed by atoms with Gasteiger partial charge in [-0.25, -0.2) is 9.97 Å². The van der Waals surface area contributed by atoms with E-state index in [-0.39, 0.29) is 0 Å². The Morgan fingerprint density at radius 2 is 0.754 bits per heavy atom. The molecular weight excluding hydrogens is 837 g/mol. The van der Waals surface area contributed by atoms with Crippen molar-refractivity contribution >= 4 is 21.9 Å². The number of fused-ring (bicyclic) bond motifs is 20. The molecule has 10 aromatic carbocycles. The molecule has 0 fully saturated rings. The molecule has 2 spiro atoms. The van der Waals surface area contributed by atoms with E-state index in [0.717, 1.165) is 66.7 Å². The lowest BCUT2D eigenvalue weighted by atomic mass is 9.52. The van der Waals surface area contributed by atoms with Crippen LogP contribution in [0.4, 0.5) is 0 Å². The third-order valence-electron chi connectivity index (χ3n) is 15.4. The summed E-state index contributed by atoms with van der Waals surface area (Å²) in [5.41, 5.74) is 22.6. The van der Waals surface area contributed by atoms with E-state index >= 15 is 0 Å². The van der Waals surface area contributed by atoms with E-state index in [1.807, 2.05) is 6.07 Å². The number of furan rings is 1. The fraction of sp³-hybridized carbons (Fsp3) is 0.0303. The second-order valence-corrected chi connectivity index (χ2v) is 18.6. The van der Waals surface area contributed by atoms with Crippen LogP contribution in [0.25, 0.3) is 89.2 Å². The molecule has 3 nitrogen and oxygen atoms in total. The third-order valence-corrected chi connectivity index (χ3v) is 15.4. The first-order chi connectivity index (χ1) is 34.2. The lowest BCUT2D eigenvalue weighted by Crippen LogP contribution is -2.43. The average Bonchev–Trinajstić information content (AvgIpc) is 4.06. The number of hydrogen-bond acceptors (Lipinski definition) is 3. The standard InChI is InChI=1S/C66H40N2O/c1-3-18-41(19-4-1)42-34-36-43(37-35-42)58-40-59(68-64(67-58)44-20-5-2-6-21-44)49-25-17-32-56-61(49)62-57(39-38-48-47-24-9-16-33-60(47)69-63(48)62)66(56)54-30-14-12-28-52(54)65(53-29-13-15-31-55(53)66)50-26-10-7-22-45(50)46-23-8-11-27-51(46)65/h1-40H. The minimum absolute atomic E-state index is 0.544. The second kappa shape index (κ2) is 14.3. The quantitative estimate of drug-likeness (QED) is 0.177. The largest absolute Gasteiger partial charge is 0.455 e. The van der Waals surface area contributed by atoms with Crippen LogP contribution in [-0.4, -0.2) is 9.97 Å². The highest BCUT2D eigenvalue weighted by molar-refractivity contribution is 6.14. The van der Waals surface area contributed by atoms with E-state index in [0.29, 0.717) is 5.82 Å². The number of nitrogens with zero attached hydrogens (tertiary/aromatic N) is 2. The van der Waals surface area contributed by atoms with E-state index in [2.05, 4.69) is 237 Å². The van der Waals surface area contributed by atoms with Gasteiger partial charge in [-0.15, -0.1) is 0 Å². The van der Waals surface area contributed by atoms with Crippen LogP contribution in [0.5, 0.6) is 0 Å². The molecule has 0 unspecified atom stereocenters. The minimum atomic E-state index is -0.718. The van der Waals surface area contributed by atoms with Crippen LogP contribution < -0.4 is 0 Å². The molecule has 3 heteroatoms. The molecule has 0 N–H and O–H groups in total. The van der Waals surface area contributed by atoms with Gasteiger partial charge in [0.1, 0.15) is 11.2 Å². The van der Waals surface area contributed by atoms with E-state index < -0.39 is 10.8 Å². The van der Waals surface area contributed by atoms with Crippen LogP contribution in [0.2, 0.25) is 0 Å². The van der Waals surface area contributed by atoms with Crippen LogP contribution in [0.15, 0.2) is 247 Å². The number of benzene rings is 10. The zero-order chi connectivity index (χ0) is 45.3. The highest BCUT2D eigenvalue weighted by atomic mass is 16.3. The van der Waals surface area contributed by atoms with Crippen molar-refractivity contribution in [3.63, 3.8) is 0 Å². The van der Waals surface area contributed by atoms with E-state index in [9.17, 15) is 0 Å². The SMILES string of the molecule is c1ccc(-c2ccc(-c3cc(-c4cccc5c4-c4c(ccc6c4oc4ccccc46)C54c5ccccc5C5(c6ccccc6-c6ccccc65)c5ccccc54)nc(-c4ccccc4)n3)cc2)cc1. The predicted molar refractivity (Wildman–Crippen MR) is 279 cm³/mol. The maximum atomic E-state index is 7.14. The smallest absolute Gasteiger partial charge is 0.160 e. The first-order valence-corrected chi connectivity index (χ1v) is 23.8. The summed E-state index contributed by atoms with van der Waals surface area (Å²) in [4.78, 5) is 10.8. The van der Waals surface area contributed by atoms with E-state index in [4.69, 9.17) is 14.4 Å². The highest BCUT2D eigenvalue weighted by Crippen LogP contribution is 2.68. The molecule has 0 saturated carbocycles. The topological polar surface area (TPSA) is 38.9 Å². The summed E-state index contributed by atoms with van der Waals surface area (Å²) >= 11 is 0. The molecule has 2 aromatic heterocycles. The number of aromatic nitrogens is 2. The normalized spacial score (nSPS) is 14.0. The fourth-order valence-corrected chi connectivity index (χ4v) is 12.7. The van der Waals surface area contributed by atoms with Gasteiger partial charge in [-0.1, -0.05) is 231 Å². The Bertz CT molecular complexity index is 3980. The first-order valence-electron chi connectivity index (χ1n) is 23.8. The summed E-state index contributed by atoms with van der Waals surface area (Å²) in [5.74, 6) is 0.677. The van der Waals surface area contributed by atoms with Gasteiger partial charge in [-0.05, 0) is 84.5 Å². The zero-order valence-electron chi connectivity index (χ0n) is 37.4. The number of rotatable bonds is 4. The van der Waals surface area contributed by atoms with Gasteiger partial charge in [-0.2, -0.15) is 0 Å². The van der Waals surface area contributed by atoms with Gasteiger partial charge in [0, 0.05) is 33.0 Å². The molecule has 69 heavy (non-hydrogen) atoms. The lowest BCUT2D eigenvalue weighted by Gasteiger charge is -2.48. The van der Waals surface area contributed by atoms with Crippen LogP contribution in [0.3, 0.4) is 0 Å². The van der Waals surface area contributed by atoms with E-state index in [1.165, 1.54) is 61.2 Å². The summed E-state index contributed by atoms with van der Waals surface area (Å²) in [7, 11) is 0. The molecule has 15 rings (SSSR count). The van der Waals surface area contributed by atoms with Gasteiger partial charge in [0.05, 0.1) is 22.2 Å². The van der Waals surface area contributed by atoms with Gasteiger partial charge in [-0.3, -0.25) is 0 Å². The molecule has 0 bridgehead atoms. The summed E-state index contributed by atoms with van der Waals surface area (Å²) in [6.45, 7) is 0. The van der Waals surface area contributed by atoms with Crippen LogP contribution in [0.1, 0.15) is 44.5 Å². The maximum Gasteiger partial charge on any atom is 0.160 e. The monoisotopic (exact) mass is 876 g/mol. The summed E-state index contributed by atoms with van der Waals surface area (Å²) in [5, 5.41) is 2.20. The first kappa shape index (κ1) is 38.2. The fourth-order valence-electron chi connectivity index (χ4n) is 12.7. The number of para-hydroxylation sites is 1. The van der Waals surface area contributed by atoms with Crippen molar-refractivity contribution in [2.24, 2.45) is 0 Å². The van der Waals surface area contributed by atoms with Crippen molar-refractivity contribution < 1.29 is 4.42 Å². The van der Waals surface area contributed by atoms with Crippen molar-refractivity contribution in [3.05, 3.63) is 287 Å². The summed E-state index contributed by atoms with van der Waals surface area (Å²) in [6.07, 6.45) is 0. The van der Waals surface area contributed by atoms with Gasteiger partial charge in [0.25, 0.3) is 0 Å². The Morgan fingerprint density at radius 1 is 0.290 bits per heavy atom. The van der Waals surface area contributed by atoms with Crippen LogP contribution in [0, 0.1) is 0 Å². The molecule has 12 aromatic rings. The van der Waals surface area contributed by atoms with Gasteiger partial charge in [0.15, 0.2) is 5.82 Å². The molecule has 0 aliphatic heterocycles. The Morgan fingerprint density at radius 3 is 1.41 bits per heavy atom. The van der Waals surface area contributed by atoms with Crippen molar-refractivity contribution in [2.45, 2.75) is 10.8 Å². The molecule has 0 atom stereocenters. The Kier molecular flexibility index (Phi) is 7.92. The van der Waals surface area contributed by atoms with Crippen molar-refractivity contribution in [1.82, 2.24) is 9.97 Å². The van der Waals surface area contributed by atoms with Crippen molar-refractivity contribution in [3.8, 4) is 67.3 Å². The zero-order valence-corrected chi connectivity index (χ0v) is 37.4. The van der Waals surface area contributed by atoms with E-state index in [1.54, 1.807) is 0 Å².